The monoisotopic (exact) mass is 467 g/mol. The Hall–Kier alpha value is -0.100. The fourth-order valence-electron chi connectivity index (χ4n) is 1.71. The molecule has 0 aliphatic rings. The second-order valence-corrected chi connectivity index (χ2v) is 7.38. The fourth-order valence-corrected chi connectivity index (χ4v) is 3.77. The molecule has 2 atom stereocenters. The van der Waals surface area contributed by atoms with E-state index in [9.17, 15) is 5.11 Å². The summed E-state index contributed by atoms with van der Waals surface area (Å²) in [5.74, 6) is 0. The lowest BCUT2D eigenvalue weighted by Crippen LogP contribution is -2.05. The molecule has 2 nitrogen and oxygen atoms in total. The number of halogens is 4. The Morgan fingerprint density at radius 3 is 1.64 bits per heavy atom. The van der Waals surface area contributed by atoms with Gasteiger partial charge in [0.1, 0.15) is 0 Å². The summed E-state index contributed by atoms with van der Waals surface area (Å²) in [6.07, 6.45) is -0.457. The zero-order chi connectivity index (χ0) is 16.9. The van der Waals surface area contributed by atoms with Gasteiger partial charge < -0.3 is 10.8 Å². The molecule has 22 heavy (non-hydrogen) atoms. The zero-order valence-corrected chi connectivity index (χ0v) is 16.8. The smallest absolute Gasteiger partial charge is 0.0772 e. The van der Waals surface area contributed by atoms with Crippen molar-refractivity contribution in [3.05, 3.63) is 66.5 Å². The molecule has 0 bridgehead atoms. The Morgan fingerprint density at radius 2 is 1.32 bits per heavy atom. The van der Waals surface area contributed by atoms with E-state index >= 15 is 0 Å². The molecule has 2 aromatic carbocycles. The van der Waals surface area contributed by atoms with E-state index in [-0.39, 0.29) is 6.04 Å². The average molecular weight is 470 g/mol. The van der Waals surface area contributed by atoms with Gasteiger partial charge in [0.25, 0.3) is 0 Å². The highest BCUT2D eigenvalue weighted by Gasteiger charge is 2.05. The molecule has 120 valence electrons. The van der Waals surface area contributed by atoms with Gasteiger partial charge in [-0.25, -0.2) is 0 Å². The van der Waals surface area contributed by atoms with Crippen molar-refractivity contribution >= 4 is 55.1 Å². The molecule has 6 heteroatoms. The third-order valence-electron chi connectivity index (χ3n) is 2.87. The van der Waals surface area contributed by atoms with E-state index in [1.807, 2.05) is 25.1 Å². The predicted octanol–water partition coefficient (Wildman–Crippen LogP) is 6.28. The van der Waals surface area contributed by atoms with Gasteiger partial charge in [-0.1, -0.05) is 67.2 Å². The summed E-state index contributed by atoms with van der Waals surface area (Å²) in [6.45, 7) is 3.65. The summed E-state index contributed by atoms with van der Waals surface area (Å²) in [4.78, 5) is 0. The van der Waals surface area contributed by atoms with E-state index in [1.54, 1.807) is 25.1 Å². The zero-order valence-electron chi connectivity index (χ0n) is 12.2. The van der Waals surface area contributed by atoms with E-state index in [0.29, 0.717) is 5.02 Å². The van der Waals surface area contributed by atoms with Gasteiger partial charge in [0.15, 0.2) is 0 Å². The molecule has 0 saturated carbocycles. The highest BCUT2D eigenvalue weighted by Crippen LogP contribution is 2.26. The van der Waals surface area contributed by atoms with Crippen LogP contribution in [0.5, 0.6) is 0 Å². The maximum Gasteiger partial charge on any atom is 0.0772 e. The van der Waals surface area contributed by atoms with Crippen molar-refractivity contribution < 1.29 is 5.11 Å². The van der Waals surface area contributed by atoms with Crippen LogP contribution in [-0.4, -0.2) is 5.11 Å². The minimum Gasteiger partial charge on any atom is -0.389 e. The summed E-state index contributed by atoms with van der Waals surface area (Å²) >= 11 is 18.1. The van der Waals surface area contributed by atoms with Gasteiger partial charge in [-0.15, -0.1) is 0 Å². The first kappa shape index (κ1) is 19.9. The second kappa shape index (κ2) is 9.26. The van der Waals surface area contributed by atoms with Crippen LogP contribution >= 0.6 is 55.1 Å². The third-order valence-corrected chi connectivity index (χ3v) is 4.71. The van der Waals surface area contributed by atoms with Crippen LogP contribution in [0.2, 0.25) is 10.0 Å². The molecule has 0 amide bonds. The van der Waals surface area contributed by atoms with Crippen LogP contribution in [0, 0.1) is 0 Å². The van der Waals surface area contributed by atoms with Crippen LogP contribution < -0.4 is 5.73 Å². The molecular formula is C16H17Br2Cl2NO. The van der Waals surface area contributed by atoms with Crippen molar-refractivity contribution in [3.63, 3.8) is 0 Å². The number of aliphatic hydroxyl groups is 1. The predicted molar refractivity (Wildman–Crippen MR) is 102 cm³/mol. The van der Waals surface area contributed by atoms with Crippen LogP contribution in [0.4, 0.5) is 0 Å². The van der Waals surface area contributed by atoms with Crippen LogP contribution in [0.3, 0.4) is 0 Å². The molecule has 0 fully saturated rings. The summed E-state index contributed by atoms with van der Waals surface area (Å²) in [5, 5.41) is 10.6. The number of aliphatic hydroxyl groups excluding tert-OH is 1. The molecule has 0 aromatic heterocycles. The number of hydrogen-bond acceptors (Lipinski definition) is 2. The van der Waals surface area contributed by atoms with Crippen molar-refractivity contribution in [3.8, 4) is 0 Å². The number of benzene rings is 2. The standard InChI is InChI=1S/C8H9BrClN.C8H8BrClO/c2*1-5(11)7-3-2-6(10)4-8(7)9/h2-5H,11H2,1H3;2-5,11H,1H3. The Bertz CT molecular complexity index is 578. The normalized spacial score (nSPS) is 13.1. The Labute approximate surface area is 157 Å². The van der Waals surface area contributed by atoms with E-state index < -0.39 is 6.10 Å². The van der Waals surface area contributed by atoms with Crippen LogP contribution in [-0.2, 0) is 0 Å². The molecule has 3 N–H and O–H groups in total. The highest BCUT2D eigenvalue weighted by atomic mass is 79.9. The minimum atomic E-state index is -0.457. The molecule has 0 radical (unpaired) electrons. The number of nitrogens with two attached hydrogens (primary N) is 1. The third kappa shape index (κ3) is 6.19. The summed E-state index contributed by atoms with van der Waals surface area (Å²) in [6, 6.07) is 11.0. The Kier molecular flexibility index (Phi) is 8.39. The second-order valence-electron chi connectivity index (χ2n) is 4.80. The molecule has 0 aliphatic heterocycles. The number of rotatable bonds is 2. The Morgan fingerprint density at radius 1 is 0.909 bits per heavy atom. The topological polar surface area (TPSA) is 46.2 Å². The van der Waals surface area contributed by atoms with Gasteiger partial charge in [0.2, 0.25) is 0 Å². The molecule has 0 heterocycles. The maximum absolute atomic E-state index is 9.22. The Balaban J connectivity index is 0.000000220. The average Bonchev–Trinajstić information content (AvgIpc) is 2.38. The first-order valence-electron chi connectivity index (χ1n) is 6.56. The van der Waals surface area contributed by atoms with Crippen molar-refractivity contribution in [1.29, 1.82) is 0 Å². The van der Waals surface area contributed by atoms with E-state index in [0.717, 1.165) is 25.1 Å². The van der Waals surface area contributed by atoms with Crippen LogP contribution in [0.25, 0.3) is 0 Å². The van der Waals surface area contributed by atoms with E-state index in [4.69, 9.17) is 28.9 Å². The first-order chi connectivity index (χ1) is 10.2. The minimum absolute atomic E-state index is 0.0432. The lowest BCUT2D eigenvalue weighted by atomic mass is 10.1. The lowest BCUT2D eigenvalue weighted by molar-refractivity contribution is 0.198. The molecule has 0 spiro atoms. The first-order valence-corrected chi connectivity index (χ1v) is 8.90. The van der Waals surface area contributed by atoms with Crippen LogP contribution in [0.15, 0.2) is 45.3 Å². The summed E-state index contributed by atoms with van der Waals surface area (Å²) in [7, 11) is 0. The number of hydrogen-bond donors (Lipinski definition) is 2. The maximum atomic E-state index is 9.22. The van der Waals surface area contributed by atoms with E-state index in [1.165, 1.54) is 0 Å². The summed E-state index contributed by atoms with van der Waals surface area (Å²) < 4.78 is 1.82. The molecule has 0 saturated heterocycles. The van der Waals surface area contributed by atoms with Gasteiger partial charge in [-0.3, -0.25) is 0 Å². The van der Waals surface area contributed by atoms with Gasteiger partial charge in [0.05, 0.1) is 6.10 Å². The van der Waals surface area contributed by atoms with Crippen molar-refractivity contribution in [1.82, 2.24) is 0 Å². The van der Waals surface area contributed by atoms with Crippen LogP contribution in [0.1, 0.15) is 37.1 Å². The largest absolute Gasteiger partial charge is 0.389 e. The molecule has 2 unspecified atom stereocenters. The van der Waals surface area contributed by atoms with E-state index in [2.05, 4.69) is 31.9 Å². The molecule has 0 aliphatic carbocycles. The highest BCUT2D eigenvalue weighted by molar-refractivity contribution is 9.10. The van der Waals surface area contributed by atoms with Gasteiger partial charge in [-0.05, 0) is 49.2 Å². The van der Waals surface area contributed by atoms with Gasteiger partial charge in [0, 0.05) is 25.0 Å². The molecule has 2 aromatic rings. The van der Waals surface area contributed by atoms with Crippen molar-refractivity contribution in [2.24, 2.45) is 5.73 Å². The van der Waals surface area contributed by atoms with Crippen molar-refractivity contribution in [2.45, 2.75) is 26.0 Å². The van der Waals surface area contributed by atoms with Gasteiger partial charge in [-0.2, -0.15) is 0 Å². The molecular weight excluding hydrogens is 453 g/mol. The fraction of sp³-hybridized carbons (Fsp3) is 0.250. The SMILES string of the molecule is CC(N)c1ccc(Cl)cc1Br.CC(O)c1ccc(Cl)cc1Br. The van der Waals surface area contributed by atoms with Crippen molar-refractivity contribution in [2.75, 3.05) is 0 Å². The molecule has 2 rings (SSSR count). The quantitative estimate of drug-likeness (QED) is 0.543. The van der Waals surface area contributed by atoms with Gasteiger partial charge >= 0.3 is 0 Å². The lowest BCUT2D eigenvalue weighted by Gasteiger charge is -2.07. The summed E-state index contributed by atoms with van der Waals surface area (Å²) in [5.41, 5.74) is 7.63.